The zero-order valence-electron chi connectivity index (χ0n) is 12.2. The van der Waals surface area contributed by atoms with Gasteiger partial charge in [0, 0.05) is 24.1 Å². The van der Waals surface area contributed by atoms with E-state index in [1.165, 1.54) is 24.3 Å². The van der Waals surface area contributed by atoms with Crippen molar-refractivity contribution in [1.29, 1.82) is 0 Å². The molecular formula is C16H15N3O4. The topological polar surface area (TPSA) is 101 Å². The maximum Gasteiger partial charge on any atom is 0.269 e. The fourth-order valence-electron chi connectivity index (χ4n) is 1.90. The number of carbonyl (C=O) groups excluding carboxylic acids is 2. The van der Waals surface area contributed by atoms with Gasteiger partial charge in [0.25, 0.3) is 11.6 Å². The molecule has 0 aromatic heterocycles. The van der Waals surface area contributed by atoms with E-state index in [2.05, 4.69) is 10.9 Å². The number of nitro benzene ring substituents is 1. The van der Waals surface area contributed by atoms with Gasteiger partial charge in [0.15, 0.2) is 0 Å². The maximum atomic E-state index is 11.8. The Morgan fingerprint density at radius 3 is 2.22 bits per heavy atom. The van der Waals surface area contributed by atoms with Crippen molar-refractivity contribution < 1.29 is 14.5 Å². The third kappa shape index (κ3) is 4.92. The van der Waals surface area contributed by atoms with Crippen LogP contribution in [0.3, 0.4) is 0 Å². The number of hydrazine groups is 1. The Morgan fingerprint density at radius 2 is 1.61 bits per heavy atom. The molecule has 0 atom stereocenters. The van der Waals surface area contributed by atoms with E-state index in [4.69, 9.17) is 0 Å². The van der Waals surface area contributed by atoms with Gasteiger partial charge in [0.2, 0.25) is 5.91 Å². The molecule has 0 aliphatic rings. The lowest BCUT2D eigenvalue weighted by Crippen LogP contribution is -2.41. The second-order valence-electron chi connectivity index (χ2n) is 4.79. The average molecular weight is 313 g/mol. The lowest BCUT2D eigenvalue weighted by atomic mass is 10.1. The van der Waals surface area contributed by atoms with Gasteiger partial charge in [0.1, 0.15) is 0 Å². The number of amides is 2. The van der Waals surface area contributed by atoms with Crippen LogP contribution in [0.1, 0.15) is 22.3 Å². The summed E-state index contributed by atoms with van der Waals surface area (Å²) >= 11 is 0. The third-order valence-electron chi connectivity index (χ3n) is 3.14. The number of benzene rings is 2. The molecule has 118 valence electrons. The second-order valence-corrected chi connectivity index (χ2v) is 4.79. The van der Waals surface area contributed by atoms with Crippen molar-refractivity contribution in [3.8, 4) is 0 Å². The van der Waals surface area contributed by atoms with E-state index in [9.17, 15) is 19.7 Å². The van der Waals surface area contributed by atoms with Crippen LogP contribution < -0.4 is 10.9 Å². The van der Waals surface area contributed by atoms with Crippen LogP contribution in [0.25, 0.3) is 0 Å². The number of rotatable bonds is 5. The molecule has 2 aromatic carbocycles. The first-order chi connectivity index (χ1) is 11.1. The van der Waals surface area contributed by atoms with Gasteiger partial charge < -0.3 is 0 Å². The van der Waals surface area contributed by atoms with Crippen molar-refractivity contribution >= 4 is 17.5 Å². The summed E-state index contributed by atoms with van der Waals surface area (Å²) in [5, 5.41) is 10.5. The van der Waals surface area contributed by atoms with Gasteiger partial charge in [-0.25, -0.2) is 0 Å². The molecule has 2 rings (SSSR count). The number of nitro groups is 1. The molecule has 0 saturated heterocycles. The zero-order chi connectivity index (χ0) is 16.7. The Morgan fingerprint density at radius 1 is 0.957 bits per heavy atom. The van der Waals surface area contributed by atoms with Crippen molar-refractivity contribution in [3.05, 3.63) is 75.8 Å². The molecule has 0 radical (unpaired) electrons. The van der Waals surface area contributed by atoms with E-state index in [1.54, 1.807) is 0 Å². The van der Waals surface area contributed by atoms with Crippen LogP contribution in [0.2, 0.25) is 0 Å². The first-order valence-corrected chi connectivity index (χ1v) is 6.94. The maximum absolute atomic E-state index is 11.8. The van der Waals surface area contributed by atoms with Gasteiger partial charge in [-0.05, 0) is 24.1 Å². The average Bonchev–Trinajstić information content (AvgIpc) is 2.58. The molecule has 2 aromatic rings. The van der Waals surface area contributed by atoms with Crippen molar-refractivity contribution in [3.63, 3.8) is 0 Å². The summed E-state index contributed by atoms with van der Waals surface area (Å²) in [6.45, 7) is 0. The highest BCUT2D eigenvalue weighted by molar-refractivity contribution is 5.95. The minimum atomic E-state index is -0.549. The monoisotopic (exact) mass is 313 g/mol. The number of non-ortho nitro benzene ring substituents is 1. The van der Waals surface area contributed by atoms with Crippen LogP contribution in [-0.2, 0) is 11.2 Å². The Balaban J connectivity index is 1.79. The molecule has 0 aliphatic carbocycles. The van der Waals surface area contributed by atoms with E-state index in [0.717, 1.165) is 5.56 Å². The summed E-state index contributed by atoms with van der Waals surface area (Å²) in [7, 11) is 0. The molecular weight excluding hydrogens is 298 g/mol. The number of aryl methyl sites for hydroxylation is 1. The number of carbonyl (C=O) groups is 2. The SMILES string of the molecule is O=C(CCc1ccccc1)NNC(=O)c1ccc([N+](=O)[O-])cc1. The summed E-state index contributed by atoms with van der Waals surface area (Å²) in [5.74, 6) is -0.850. The minimum absolute atomic E-state index is 0.103. The number of hydrogen-bond donors (Lipinski definition) is 2. The van der Waals surface area contributed by atoms with E-state index in [-0.39, 0.29) is 23.6 Å². The largest absolute Gasteiger partial charge is 0.273 e. The highest BCUT2D eigenvalue weighted by atomic mass is 16.6. The Kier molecular flexibility index (Phi) is 5.40. The molecule has 2 N–H and O–H groups in total. The smallest absolute Gasteiger partial charge is 0.269 e. The lowest BCUT2D eigenvalue weighted by molar-refractivity contribution is -0.384. The molecule has 0 heterocycles. The van der Waals surface area contributed by atoms with Crippen LogP contribution in [0.15, 0.2) is 54.6 Å². The van der Waals surface area contributed by atoms with Crippen LogP contribution in [0, 0.1) is 10.1 Å². The quantitative estimate of drug-likeness (QED) is 0.651. The third-order valence-corrected chi connectivity index (χ3v) is 3.14. The number of hydrogen-bond acceptors (Lipinski definition) is 4. The van der Waals surface area contributed by atoms with Gasteiger partial charge in [0.05, 0.1) is 4.92 Å². The first kappa shape index (κ1) is 16.2. The van der Waals surface area contributed by atoms with Crippen LogP contribution in [-0.4, -0.2) is 16.7 Å². The molecule has 23 heavy (non-hydrogen) atoms. The molecule has 0 saturated carbocycles. The summed E-state index contributed by atoms with van der Waals surface area (Å²) in [4.78, 5) is 33.5. The summed E-state index contributed by atoms with van der Waals surface area (Å²) in [6.07, 6.45) is 0.810. The van der Waals surface area contributed by atoms with Crippen molar-refractivity contribution in [2.45, 2.75) is 12.8 Å². The predicted molar refractivity (Wildman–Crippen MR) is 83.5 cm³/mol. The van der Waals surface area contributed by atoms with Crippen LogP contribution in [0.4, 0.5) is 5.69 Å². The van der Waals surface area contributed by atoms with E-state index >= 15 is 0 Å². The first-order valence-electron chi connectivity index (χ1n) is 6.94. The van der Waals surface area contributed by atoms with E-state index in [0.29, 0.717) is 6.42 Å². The molecule has 0 aliphatic heterocycles. The van der Waals surface area contributed by atoms with E-state index in [1.807, 2.05) is 30.3 Å². The van der Waals surface area contributed by atoms with Gasteiger partial charge in [-0.1, -0.05) is 30.3 Å². The van der Waals surface area contributed by atoms with Crippen molar-refractivity contribution in [2.24, 2.45) is 0 Å². The second kappa shape index (κ2) is 7.69. The summed E-state index contributed by atoms with van der Waals surface area (Å²) in [5.41, 5.74) is 5.74. The zero-order valence-corrected chi connectivity index (χ0v) is 12.2. The highest BCUT2D eigenvalue weighted by Crippen LogP contribution is 2.11. The van der Waals surface area contributed by atoms with Gasteiger partial charge >= 0.3 is 0 Å². The molecule has 0 bridgehead atoms. The van der Waals surface area contributed by atoms with Gasteiger partial charge in [-0.2, -0.15) is 0 Å². The fraction of sp³-hybridized carbons (Fsp3) is 0.125. The lowest BCUT2D eigenvalue weighted by Gasteiger charge is -2.07. The minimum Gasteiger partial charge on any atom is -0.273 e. The number of nitrogens with one attached hydrogen (secondary N) is 2. The van der Waals surface area contributed by atoms with Crippen LogP contribution in [0.5, 0.6) is 0 Å². The molecule has 0 unspecified atom stereocenters. The van der Waals surface area contributed by atoms with Gasteiger partial charge in [-0.3, -0.25) is 30.6 Å². The summed E-state index contributed by atoms with van der Waals surface area (Å²) in [6, 6.07) is 14.6. The normalized spacial score (nSPS) is 9.91. The Hall–Kier alpha value is -3.22. The fourth-order valence-corrected chi connectivity index (χ4v) is 1.90. The Labute approximate surface area is 132 Å². The van der Waals surface area contributed by atoms with Crippen molar-refractivity contribution in [2.75, 3.05) is 0 Å². The summed E-state index contributed by atoms with van der Waals surface area (Å²) < 4.78 is 0. The number of nitrogens with zero attached hydrogens (tertiary/aromatic N) is 1. The Bertz CT molecular complexity index is 699. The molecule has 0 spiro atoms. The van der Waals surface area contributed by atoms with Crippen molar-refractivity contribution in [1.82, 2.24) is 10.9 Å². The van der Waals surface area contributed by atoms with Crippen LogP contribution >= 0.6 is 0 Å². The molecule has 2 amide bonds. The molecule has 7 heteroatoms. The highest BCUT2D eigenvalue weighted by Gasteiger charge is 2.10. The predicted octanol–water partition coefficient (Wildman–Crippen LogP) is 1.99. The van der Waals surface area contributed by atoms with E-state index < -0.39 is 10.8 Å². The molecule has 0 fully saturated rings. The standard InChI is InChI=1S/C16H15N3O4/c20-15(11-6-12-4-2-1-3-5-12)17-18-16(21)13-7-9-14(10-8-13)19(22)23/h1-5,7-10H,6,11H2,(H,17,20)(H,18,21). The molecule has 7 nitrogen and oxygen atoms in total. The van der Waals surface area contributed by atoms with Gasteiger partial charge in [-0.15, -0.1) is 0 Å².